The Hall–Kier alpha value is -3.33. The first kappa shape index (κ1) is 26.7. The van der Waals surface area contributed by atoms with Crippen LogP contribution in [0, 0.1) is 5.82 Å². The lowest BCUT2D eigenvalue weighted by atomic mass is 9.71. The third-order valence-corrected chi connectivity index (χ3v) is 6.63. The zero-order chi connectivity index (χ0) is 26.5. The largest absolute Gasteiger partial charge is 0.484 e. The second kappa shape index (κ2) is 11.4. The van der Waals surface area contributed by atoms with Crippen molar-refractivity contribution in [3.63, 3.8) is 0 Å². The van der Waals surface area contributed by atoms with E-state index >= 15 is 0 Å². The van der Waals surface area contributed by atoms with Crippen molar-refractivity contribution in [3.05, 3.63) is 94.5 Å². The van der Waals surface area contributed by atoms with E-state index in [0.717, 1.165) is 31.7 Å². The number of hydrogen-bond donors (Lipinski definition) is 2. The van der Waals surface area contributed by atoms with Gasteiger partial charge < -0.3 is 15.4 Å². The Kier molecular flexibility index (Phi) is 8.22. The Labute approximate surface area is 217 Å². The molecule has 196 valence electrons. The molecule has 0 aliphatic heterocycles. The molecule has 2 N–H and O–H groups in total. The smallest absolute Gasteiger partial charge is 0.422 e. The average Bonchev–Trinajstić information content (AvgIpc) is 3.37. The highest BCUT2D eigenvalue weighted by molar-refractivity contribution is 6.30. The first-order chi connectivity index (χ1) is 17.7. The monoisotopic (exact) mass is 535 g/mol. The zero-order valence-electron chi connectivity index (χ0n) is 19.8. The van der Waals surface area contributed by atoms with Gasteiger partial charge in [0.1, 0.15) is 11.6 Å². The molecule has 1 heterocycles. The number of urea groups is 1. The van der Waals surface area contributed by atoms with Gasteiger partial charge in [-0.15, -0.1) is 0 Å². The van der Waals surface area contributed by atoms with Crippen molar-refractivity contribution < 1.29 is 27.1 Å². The van der Waals surface area contributed by atoms with Crippen LogP contribution in [0.15, 0.2) is 66.9 Å². The van der Waals surface area contributed by atoms with Gasteiger partial charge in [0.2, 0.25) is 0 Å². The molecular formula is C27H26ClF4N3O2. The van der Waals surface area contributed by atoms with E-state index in [2.05, 4.69) is 15.6 Å². The Balaban J connectivity index is 1.80. The van der Waals surface area contributed by atoms with Gasteiger partial charge in [0.25, 0.3) is 0 Å². The van der Waals surface area contributed by atoms with Crippen LogP contribution in [0.5, 0.6) is 5.75 Å². The number of ether oxygens (including phenoxy) is 1. The molecule has 1 fully saturated rings. The third kappa shape index (κ3) is 6.71. The highest BCUT2D eigenvalue weighted by atomic mass is 35.5. The van der Waals surface area contributed by atoms with E-state index < -0.39 is 30.0 Å². The van der Waals surface area contributed by atoms with E-state index in [-0.39, 0.29) is 23.9 Å². The summed E-state index contributed by atoms with van der Waals surface area (Å²) in [5.41, 5.74) is 0.0268. The average molecular weight is 536 g/mol. The third-order valence-electron chi connectivity index (χ3n) is 6.40. The molecule has 4 rings (SSSR count). The van der Waals surface area contributed by atoms with Crippen LogP contribution in [0.2, 0.25) is 5.02 Å². The van der Waals surface area contributed by atoms with Gasteiger partial charge in [0.15, 0.2) is 6.61 Å². The number of halogens is 5. The van der Waals surface area contributed by atoms with Crippen molar-refractivity contribution in [2.24, 2.45) is 0 Å². The maximum Gasteiger partial charge on any atom is 0.422 e. The van der Waals surface area contributed by atoms with E-state index in [1.165, 1.54) is 18.3 Å². The van der Waals surface area contributed by atoms with Gasteiger partial charge in [-0.2, -0.15) is 13.2 Å². The fraction of sp³-hybridized carbons (Fsp3) is 0.333. The summed E-state index contributed by atoms with van der Waals surface area (Å²) in [4.78, 5) is 17.3. The van der Waals surface area contributed by atoms with Crippen molar-refractivity contribution in [1.82, 2.24) is 15.6 Å². The highest BCUT2D eigenvalue weighted by Gasteiger charge is 2.39. The van der Waals surface area contributed by atoms with E-state index in [4.69, 9.17) is 16.3 Å². The number of carbonyl (C=O) groups is 1. The number of aromatic nitrogens is 1. The number of benzene rings is 2. The van der Waals surface area contributed by atoms with Crippen LogP contribution in [0.25, 0.3) is 0 Å². The van der Waals surface area contributed by atoms with Crippen LogP contribution in [0.1, 0.15) is 42.5 Å². The van der Waals surface area contributed by atoms with E-state index in [1.54, 1.807) is 42.5 Å². The Bertz CT molecular complexity index is 1200. The van der Waals surface area contributed by atoms with Gasteiger partial charge in [0, 0.05) is 24.8 Å². The molecule has 0 bridgehead atoms. The molecule has 1 atom stereocenters. The molecule has 5 nitrogen and oxygen atoms in total. The maximum atomic E-state index is 14.8. The summed E-state index contributed by atoms with van der Waals surface area (Å²) >= 11 is 6.08. The second-order valence-electron chi connectivity index (χ2n) is 9.02. The van der Waals surface area contributed by atoms with Crippen LogP contribution >= 0.6 is 11.6 Å². The zero-order valence-corrected chi connectivity index (χ0v) is 20.6. The molecule has 1 unspecified atom stereocenters. The number of nitrogens with zero attached hydrogens (tertiary/aromatic N) is 1. The molecule has 1 aliphatic rings. The van der Waals surface area contributed by atoms with Crippen molar-refractivity contribution in [2.75, 3.05) is 13.2 Å². The summed E-state index contributed by atoms with van der Waals surface area (Å²) in [6.07, 6.45) is 0.683. The summed E-state index contributed by atoms with van der Waals surface area (Å²) in [5, 5.41) is 6.22. The number of carbonyl (C=O) groups excluding carboxylic acids is 1. The van der Waals surface area contributed by atoms with Gasteiger partial charge in [-0.05, 0) is 48.2 Å². The minimum Gasteiger partial charge on any atom is -0.484 e. The van der Waals surface area contributed by atoms with Gasteiger partial charge >= 0.3 is 12.2 Å². The minimum absolute atomic E-state index is 0.0631. The molecule has 0 saturated heterocycles. The van der Waals surface area contributed by atoms with Crippen molar-refractivity contribution in [2.45, 2.75) is 43.3 Å². The first-order valence-corrected chi connectivity index (χ1v) is 12.3. The number of hydrogen-bond acceptors (Lipinski definition) is 3. The minimum atomic E-state index is -4.60. The number of amides is 2. The molecule has 0 spiro atoms. The van der Waals surface area contributed by atoms with E-state index in [9.17, 15) is 22.4 Å². The number of rotatable bonds is 8. The molecule has 0 radical (unpaired) electrons. The number of pyridine rings is 1. The van der Waals surface area contributed by atoms with Crippen molar-refractivity contribution >= 4 is 17.6 Å². The Morgan fingerprint density at radius 3 is 2.41 bits per heavy atom. The molecule has 1 aromatic heterocycles. The topological polar surface area (TPSA) is 63.2 Å². The summed E-state index contributed by atoms with van der Waals surface area (Å²) in [6.45, 7) is -1.64. The van der Waals surface area contributed by atoms with Crippen LogP contribution in [-0.4, -0.2) is 36.4 Å². The predicted octanol–water partition coefficient (Wildman–Crippen LogP) is 6.39. The van der Waals surface area contributed by atoms with Gasteiger partial charge in [-0.1, -0.05) is 54.8 Å². The quantitative estimate of drug-likeness (QED) is 0.328. The lowest BCUT2D eigenvalue weighted by Crippen LogP contribution is -2.48. The highest BCUT2D eigenvalue weighted by Crippen LogP contribution is 2.40. The van der Waals surface area contributed by atoms with E-state index in [0.29, 0.717) is 16.3 Å². The number of nitrogens with one attached hydrogen (secondary N) is 2. The maximum absolute atomic E-state index is 14.8. The number of alkyl halides is 3. The second-order valence-corrected chi connectivity index (χ2v) is 9.46. The molecule has 37 heavy (non-hydrogen) atoms. The van der Waals surface area contributed by atoms with Gasteiger partial charge in [-0.3, -0.25) is 4.98 Å². The molecule has 10 heteroatoms. The lowest BCUT2D eigenvalue weighted by Gasteiger charge is -2.35. The normalized spacial score (nSPS) is 15.7. The standard InChI is InChI=1S/C27H26ClF4N3O2/c28-20-10-11-24(33-15-20)26(18-6-2-1-3-7-18,16-34-25(36)35-22-8-4-5-9-22)19-12-21(29)14-23(13-19)37-17-27(30,31)32/h1-3,6-7,10-15,22H,4-5,8-9,16-17H2,(H2,34,35,36). The van der Waals surface area contributed by atoms with Crippen LogP contribution < -0.4 is 15.4 Å². The molecular weight excluding hydrogens is 510 g/mol. The summed E-state index contributed by atoms with van der Waals surface area (Å²) < 4.78 is 58.2. The van der Waals surface area contributed by atoms with Crippen molar-refractivity contribution in [1.29, 1.82) is 0 Å². The SMILES string of the molecule is O=C(NCC(c1ccccc1)(c1cc(F)cc(OCC(F)(F)F)c1)c1ccc(Cl)cn1)NC1CCCC1. The Morgan fingerprint density at radius 1 is 1.03 bits per heavy atom. The molecule has 2 amide bonds. The Morgan fingerprint density at radius 2 is 1.76 bits per heavy atom. The fourth-order valence-electron chi connectivity index (χ4n) is 4.69. The first-order valence-electron chi connectivity index (χ1n) is 11.9. The fourth-order valence-corrected chi connectivity index (χ4v) is 4.80. The van der Waals surface area contributed by atoms with Crippen LogP contribution in [-0.2, 0) is 5.41 Å². The van der Waals surface area contributed by atoms with Crippen molar-refractivity contribution in [3.8, 4) is 5.75 Å². The molecule has 1 aliphatic carbocycles. The van der Waals surface area contributed by atoms with Gasteiger partial charge in [-0.25, -0.2) is 9.18 Å². The van der Waals surface area contributed by atoms with Crippen LogP contribution in [0.4, 0.5) is 22.4 Å². The molecule has 2 aromatic carbocycles. The predicted molar refractivity (Wildman–Crippen MR) is 132 cm³/mol. The van der Waals surface area contributed by atoms with Gasteiger partial charge in [0.05, 0.1) is 16.1 Å². The summed E-state index contributed by atoms with van der Waals surface area (Å²) in [5.74, 6) is -1.09. The summed E-state index contributed by atoms with van der Waals surface area (Å²) in [7, 11) is 0. The molecule has 1 saturated carbocycles. The van der Waals surface area contributed by atoms with Crippen LogP contribution in [0.3, 0.4) is 0 Å². The van der Waals surface area contributed by atoms with E-state index in [1.807, 2.05) is 0 Å². The molecule has 3 aromatic rings. The lowest BCUT2D eigenvalue weighted by molar-refractivity contribution is -0.153. The summed E-state index contributed by atoms with van der Waals surface area (Å²) in [6, 6.07) is 15.3.